The van der Waals surface area contributed by atoms with Crippen LogP contribution in [0.2, 0.25) is 0 Å². The maximum atomic E-state index is 13.7. The summed E-state index contributed by atoms with van der Waals surface area (Å²) in [6, 6.07) is 18.9. The van der Waals surface area contributed by atoms with Crippen molar-refractivity contribution in [3.05, 3.63) is 100 Å². The van der Waals surface area contributed by atoms with Crippen molar-refractivity contribution in [2.24, 2.45) is 0 Å². The molecule has 0 saturated heterocycles. The molecule has 4 aromatic rings. The van der Waals surface area contributed by atoms with Gasteiger partial charge in [0.1, 0.15) is 35.8 Å². The number of ether oxygens (including phenoxy) is 2. The Morgan fingerprint density at radius 1 is 0.967 bits per heavy atom. The molecular weight excluding hydrogens is 383 g/mol. The molecule has 1 aromatic heterocycles. The highest BCUT2D eigenvalue weighted by atomic mass is 19.1. The van der Waals surface area contributed by atoms with Gasteiger partial charge in [-0.2, -0.15) is 0 Å². The van der Waals surface area contributed by atoms with Crippen molar-refractivity contribution in [1.82, 2.24) is 0 Å². The summed E-state index contributed by atoms with van der Waals surface area (Å²) in [5.41, 5.74) is 1.56. The van der Waals surface area contributed by atoms with E-state index in [4.69, 9.17) is 13.9 Å². The van der Waals surface area contributed by atoms with Crippen LogP contribution in [0.15, 0.2) is 82.2 Å². The third-order valence-corrected chi connectivity index (χ3v) is 4.83. The van der Waals surface area contributed by atoms with Gasteiger partial charge in [-0.05, 0) is 35.7 Å². The molecule has 4 nitrogen and oxygen atoms in total. The van der Waals surface area contributed by atoms with Crippen molar-refractivity contribution in [1.29, 1.82) is 0 Å². The average molecular weight is 404 g/mol. The predicted octanol–water partition coefficient (Wildman–Crippen LogP) is 6.43. The molecule has 0 amide bonds. The van der Waals surface area contributed by atoms with Crippen LogP contribution in [-0.2, 0) is 6.61 Å². The lowest BCUT2D eigenvalue weighted by atomic mass is 10.0. The SMILES string of the molecule is CC(C)c1ccccc1Oc1coc2cc(OCc3ccccc3F)ccc2c1=O. The molecule has 1 heterocycles. The molecule has 0 unspecified atom stereocenters. The summed E-state index contributed by atoms with van der Waals surface area (Å²) in [7, 11) is 0. The summed E-state index contributed by atoms with van der Waals surface area (Å²) in [5, 5.41) is 0.382. The lowest BCUT2D eigenvalue weighted by molar-refractivity contribution is 0.300. The van der Waals surface area contributed by atoms with Crippen molar-refractivity contribution in [2.75, 3.05) is 0 Å². The van der Waals surface area contributed by atoms with Crippen LogP contribution in [0.3, 0.4) is 0 Å². The van der Waals surface area contributed by atoms with Crippen molar-refractivity contribution in [3.63, 3.8) is 0 Å². The third-order valence-electron chi connectivity index (χ3n) is 4.83. The fraction of sp³-hybridized carbons (Fsp3) is 0.160. The maximum absolute atomic E-state index is 13.7. The van der Waals surface area contributed by atoms with Crippen molar-refractivity contribution in [3.8, 4) is 17.2 Å². The number of hydrogen-bond donors (Lipinski definition) is 0. The molecule has 0 spiro atoms. The number of para-hydroxylation sites is 1. The fourth-order valence-corrected chi connectivity index (χ4v) is 3.20. The molecule has 152 valence electrons. The highest BCUT2D eigenvalue weighted by Crippen LogP contribution is 2.30. The monoisotopic (exact) mass is 404 g/mol. The normalized spacial score (nSPS) is 11.1. The number of fused-ring (bicyclic) bond motifs is 1. The fourth-order valence-electron chi connectivity index (χ4n) is 3.20. The zero-order chi connectivity index (χ0) is 21.1. The van der Waals surface area contributed by atoms with E-state index in [1.54, 1.807) is 36.4 Å². The van der Waals surface area contributed by atoms with Gasteiger partial charge in [-0.25, -0.2) is 4.39 Å². The predicted molar refractivity (Wildman–Crippen MR) is 114 cm³/mol. The molecule has 0 aliphatic rings. The van der Waals surface area contributed by atoms with Crippen LogP contribution in [-0.4, -0.2) is 0 Å². The number of hydrogen-bond acceptors (Lipinski definition) is 4. The van der Waals surface area contributed by atoms with Gasteiger partial charge in [-0.15, -0.1) is 0 Å². The summed E-state index contributed by atoms with van der Waals surface area (Å²) in [4.78, 5) is 12.9. The van der Waals surface area contributed by atoms with E-state index < -0.39 is 0 Å². The number of rotatable bonds is 6. The van der Waals surface area contributed by atoms with Crippen LogP contribution in [0, 0.1) is 5.82 Å². The summed E-state index contributed by atoms with van der Waals surface area (Å²) < 4.78 is 30.9. The Kier molecular flexibility index (Phi) is 5.53. The molecule has 0 radical (unpaired) electrons. The Hall–Kier alpha value is -3.60. The molecular formula is C25H21FO4. The highest BCUT2D eigenvalue weighted by Gasteiger charge is 2.13. The molecule has 3 aromatic carbocycles. The first-order valence-corrected chi connectivity index (χ1v) is 9.71. The minimum absolute atomic E-state index is 0.0790. The molecule has 30 heavy (non-hydrogen) atoms. The van der Waals surface area contributed by atoms with Crippen molar-refractivity contribution < 1.29 is 18.3 Å². The molecule has 0 bridgehead atoms. The van der Waals surface area contributed by atoms with E-state index in [0.717, 1.165) is 5.56 Å². The minimum Gasteiger partial charge on any atom is -0.489 e. The van der Waals surface area contributed by atoms with Crippen molar-refractivity contribution >= 4 is 11.0 Å². The number of halogens is 1. The Labute approximate surface area is 173 Å². The van der Waals surface area contributed by atoms with E-state index >= 15 is 0 Å². The first-order valence-electron chi connectivity index (χ1n) is 9.71. The van der Waals surface area contributed by atoms with Gasteiger partial charge in [0.2, 0.25) is 11.2 Å². The van der Waals surface area contributed by atoms with E-state index in [0.29, 0.717) is 28.0 Å². The Morgan fingerprint density at radius 3 is 2.53 bits per heavy atom. The largest absolute Gasteiger partial charge is 0.489 e. The lowest BCUT2D eigenvalue weighted by Crippen LogP contribution is -2.06. The highest BCUT2D eigenvalue weighted by molar-refractivity contribution is 5.79. The van der Waals surface area contributed by atoms with Crippen LogP contribution in [0.5, 0.6) is 17.2 Å². The smallest absolute Gasteiger partial charge is 0.235 e. The molecule has 0 fully saturated rings. The third kappa shape index (κ3) is 4.06. The Morgan fingerprint density at radius 2 is 1.73 bits per heavy atom. The second-order valence-corrected chi connectivity index (χ2v) is 7.26. The zero-order valence-corrected chi connectivity index (χ0v) is 16.7. The van der Waals surface area contributed by atoms with E-state index in [2.05, 4.69) is 13.8 Å². The lowest BCUT2D eigenvalue weighted by Gasteiger charge is -2.13. The van der Waals surface area contributed by atoms with Gasteiger partial charge in [0, 0.05) is 11.6 Å². The van der Waals surface area contributed by atoms with Crippen LogP contribution in [0.4, 0.5) is 4.39 Å². The molecule has 0 N–H and O–H groups in total. The van der Waals surface area contributed by atoms with E-state index in [1.165, 1.54) is 12.3 Å². The first-order chi connectivity index (χ1) is 14.5. The Balaban J connectivity index is 1.59. The molecule has 0 atom stereocenters. The maximum Gasteiger partial charge on any atom is 0.235 e. The quantitative estimate of drug-likeness (QED) is 0.372. The van der Waals surface area contributed by atoms with Gasteiger partial charge >= 0.3 is 0 Å². The van der Waals surface area contributed by atoms with Gasteiger partial charge in [0.25, 0.3) is 0 Å². The first kappa shape index (κ1) is 19.7. The topological polar surface area (TPSA) is 48.7 Å². The Bertz CT molecular complexity index is 1240. The van der Waals surface area contributed by atoms with E-state index in [1.807, 2.05) is 24.3 Å². The van der Waals surface area contributed by atoms with Crippen LogP contribution in [0.25, 0.3) is 11.0 Å². The molecule has 5 heteroatoms. The zero-order valence-electron chi connectivity index (χ0n) is 16.7. The molecule has 4 rings (SSSR count). The number of benzene rings is 3. The van der Waals surface area contributed by atoms with Crippen molar-refractivity contribution in [2.45, 2.75) is 26.4 Å². The van der Waals surface area contributed by atoms with Crippen LogP contribution < -0.4 is 14.9 Å². The average Bonchev–Trinajstić information content (AvgIpc) is 2.75. The van der Waals surface area contributed by atoms with E-state index in [9.17, 15) is 9.18 Å². The van der Waals surface area contributed by atoms with Gasteiger partial charge in [0.15, 0.2) is 0 Å². The molecule has 0 saturated carbocycles. The minimum atomic E-state index is -0.326. The summed E-state index contributed by atoms with van der Waals surface area (Å²) in [5.74, 6) is 1.16. The summed E-state index contributed by atoms with van der Waals surface area (Å²) in [6.45, 7) is 4.21. The second kappa shape index (κ2) is 8.41. The molecule has 0 aliphatic heterocycles. The molecule has 0 aliphatic carbocycles. The van der Waals surface area contributed by atoms with E-state index in [-0.39, 0.29) is 29.5 Å². The standard InChI is InChI=1S/C25H21FO4/c1-16(2)19-8-4-6-10-22(19)30-24-15-29-23-13-18(11-12-20(23)25(24)27)28-14-17-7-3-5-9-21(17)26/h3-13,15-16H,14H2,1-2H3. The second-order valence-electron chi connectivity index (χ2n) is 7.26. The van der Waals surface area contributed by atoms with Gasteiger partial charge in [0.05, 0.1) is 5.39 Å². The summed E-state index contributed by atoms with van der Waals surface area (Å²) in [6.07, 6.45) is 1.31. The van der Waals surface area contributed by atoms with Crippen LogP contribution >= 0.6 is 0 Å². The van der Waals surface area contributed by atoms with Crippen LogP contribution in [0.1, 0.15) is 30.9 Å². The van der Waals surface area contributed by atoms with Gasteiger partial charge in [-0.3, -0.25) is 4.79 Å². The van der Waals surface area contributed by atoms with Gasteiger partial charge in [-0.1, -0.05) is 50.2 Å². The van der Waals surface area contributed by atoms with Gasteiger partial charge < -0.3 is 13.9 Å². The summed E-state index contributed by atoms with van der Waals surface area (Å²) >= 11 is 0.